The standard InChI is InChI=1S/C25H31N5O2/c31-24(27-13-8-16-29-14-5-1-2-6-15-29)19-30-25(32)22-11-4-3-10-21(22)23(28-30)17-20-9-7-12-26-18-20/h3-4,7,9-12,18H,1-2,5-6,8,13-17,19H2,(H,27,31). The van der Waals surface area contributed by atoms with Gasteiger partial charge >= 0.3 is 0 Å². The summed E-state index contributed by atoms with van der Waals surface area (Å²) in [5.74, 6) is -0.182. The molecule has 0 unspecified atom stereocenters. The number of likely N-dealkylation sites (tertiary alicyclic amines) is 1. The number of rotatable bonds is 8. The summed E-state index contributed by atoms with van der Waals surface area (Å²) < 4.78 is 1.29. The Morgan fingerprint density at radius 3 is 2.53 bits per heavy atom. The van der Waals surface area contributed by atoms with Gasteiger partial charge in [0, 0.05) is 30.7 Å². The summed E-state index contributed by atoms with van der Waals surface area (Å²) in [5.41, 5.74) is 1.53. The van der Waals surface area contributed by atoms with Gasteiger partial charge in [-0.1, -0.05) is 37.1 Å². The second-order valence-electron chi connectivity index (χ2n) is 8.45. The second kappa shape index (κ2) is 11.0. The Hall–Kier alpha value is -3.06. The smallest absolute Gasteiger partial charge is 0.275 e. The fourth-order valence-corrected chi connectivity index (χ4v) is 4.32. The van der Waals surface area contributed by atoms with Crippen molar-refractivity contribution in [3.05, 3.63) is 70.4 Å². The van der Waals surface area contributed by atoms with Gasteiger partial charge in [-0.05, 0) is 56.6 Å². The van der Waals surface area contributed by atoms with Gasteiger partial charge in [-0.3, -0.25) is 14.6 Å². The summed E-state index contributed by atoms with van der Waals surface area (Å²) in [5, 5.41) is 8.90. The first kappa shape index (κ1) is 22.1. The van der Waals surface area contributed by atoms with Crippen LogP contribution in [0, 0.1) is 0 Å². The number of pyridine rings is 1. The number of carbonyl (C=O) groups is 1. The number of nitrogens with one attached hydrogen (secondary N) is 1. The van der Waals surface area contributed by atoms with Gasteiger partial charge in [0.2, 0.25) is 5.91 Å². The van der Waals surface area contributed by atoms with Crippen LogP contribution in [0.1, 0.15) is 43.4 Å². The molecule has 0 aliphatic carbocycles. The lowest BCUT2D eigenvalue weighted by molar-refractivity contribution is -0.121. The average Bonchev–Trinajstić information content (AvgIpc) is 3.09. The zero-order valence-corrected chi connectivity index (χ0v) is 18.5. The molecule has 1 aliphatic rings. The molecule has 3 heterocycles. The van der Waals surface area contributed by atoms with Crippen LogP contribution in [0.15, 0.2) is 53.6 Å². The molecule has 32 heavy (non-hydrogen) atoms. The molecule has 0 atom stereocenters. The van der Waals surface area contributed by atoms with Gasteiger partial charge in [0.05, 0.1) is 11.1 Å². The number of hydrogen-bond acceptors (Lipinski definition) is 5. The second-order valence-corrected chi connectivity index (χ2v) is 8.45. The third-order valence-corrected chi connectivity index (χ3v) is 6.00. The van der Waals surface area contributed by atoms with E-state index >= 15 is 0 Å². The SMILES string of the molecule is O=C(Cn1nc(Cc2cccnc2)c2ccccc2c1=O)NCCCN1CCCCCC1. The summed E-state index contributed by atoms with van der Waals surface area (Å²) in [6, 6.07) is 11.3. The maximum Gasteiger partial charge on any atom is 0.275 e. The van der Waals surface area contributed by atoms with Crippen LogP contribution in [0.3, 0.4) is 0 Å². The number of benzene rings is 1. The molecule has 2 aromatic heterocycles. The summed E-state index contributed by atoms with van der Waals surface area (Å²) in [6.07, 6.45) is 10.2. The van der Waals surface area contributed by atoms with Crippen molar-refractivity contribution in [3.8, 4) is 0 Å². The van der Waals surface area contributed by atoms with Crippen LogP contribution in [-0.2, 0) is 17.8 Å². The van der Waals surface area contributed by atoms with Gasteiger partial charge in [-0.25, -0.2) is 4.68 Å². The highest BCUT2D eigenvalue weighted by Gasteiger charge is 2.14. The van der Waals surface area contributed by atoms with Crippen LogP contribution in [0.25, 0.3) is 10.8 Å². The largest absolute Gasteiger partial charge is 0.354 e. The van der Waals surface area contributed by atoms with Gasteiger partial charge < -0.3 is 10.2 Å². The summed E-state index contributed by atoms with van der Waals surface area (Å²) in [7, 11) is 0. The minimum absolute atomic E-state index is 0.0760. The molecule has 1 N–H and O–H groups in total. The van der Waals surface area contributed by atoms with Gasteiger partial charge in [0.1, 0.15) is 6.54 Å². The lowest BCUT2D eigenvalue weighted by Crippen LogP contribution is -2.36. The van der Waals surface area contributed by atoms with Crippen molar-refractivity contribution in [2.75, 3.05) is 26.2 Å². The molecular weight excluding hydrogens is 402 g/mol. The van der Waals surface area contributed by atoms with E-state index in [1.54, 1.807) is 18.5 Å². The average molecular weight is 434 g/mol. The minimum Gasteiger partial charge on any atom is -0.354 e. The fraction of sp³-hybridized carbons (Fsp3) is 0.440. The third kappa shape index (κ3) is 5.79. The highest BCUT2D eigenvalue weighted by atomic mass is 16.2. The predicted octanol–water partition coefficient (Wildman–Crippen LogP) is 2.76. The number of aromatic nitrogens is 3. The maximum absolute atomic E-state index is 12.9. The van der Waals surface area contributed by atoms with Crippen molar-refractivity contribution in [2.45, 2.75) is 45.1 Å². The van der Waals surface area contributed by atoms with Crippen LogP contribution in [0.4, 0.5) is 0 Å². The molecule has 168 valence electrons. The molecule has 1 fully saturated rings. The van der Waals surface area contributed by atoms with Crippen LogP contribution < -0.4 is 10.9 Å². The minimum atomic E-state index is -0.241. The van der Waals surface area contributed by atoms with Crippen LogP contribution >= 0.6 is 0 Å². The van der Waals surface area contributed by atoms with E-state index in [1.807, 2.05) is 30.3 Å². The van der Waals surface area contributed by atoms with Gasteiger partial charge in [0.25, 0.3) is 5.56 Å². The van der Waals surface area contributed by atoms with Crippen molar-refractivity contribution < 1.29 is 4.79 Å². The van der Waals surface area contributed by atoms with Crippen LogP contribution in [0.5, 0.6) is 0 Å². The normalized spacial score (nSPS) is 14.9. The first-order valence-corrected chi connectivity index (χ1v) is 11.6. The van der Waals surface area contributed by atoms with E-state index in [4.69, 9.17) is 0 Å². The number of amides is 1. The molecule has 7 nitrogen and oxygen atoms in total. The monoisotopic (exact) mass is 433 g/mol. The number of nitrogens with zero attached hydrogens (tertiary/aromatic N) is 4. The quantitative estimate of drug-likeness (QED) is 0.553. The Labute approximate surface area is 188 Å². The molecule has 1 saturated heterocycles. The lowest BCUT2D eigenvalue weighted by Gasteiger charge is -2.19. The molecule has 1 aliphatic heterocycles. The van der Waals surface area contributed by atoms with E-state index in [0.717, 1.165) is 42.7 Å². The van der Waals surface area contributed by atoms with Crippen molar-refractivity contribution in [3.63, 3.8) is 0 Å². The zero-order valence-electron chi connectivity index (χ0n) is 18.5. The number of carbonyl (C=O) groups excluding carboxylic acids is 1. The maximum atomic E-state index is 12.9. The van der Waals surface area contributed by atoms with Gasteiger partial charge in [-0.2, -0.15) is 5.10 Å². The molecule has 0 spiro atoms. The van der Waals surface area contributed by atoms with Crippen LogP contribution in [0.2, 0.25) is 0 Å². The van der Waals surface area contributed by atoms with E-state index in [-0.39, 0.29) is 18.0 Å². The summed E-state index contributed by atoms with van der Waals surface area (Å²) in [6.45, 7) is 3.85. The Morgan fingerprint density at radius 1 is 1.00 bits per heavy atom. The van der Waals surface area contributed by atoms with E-state index in [1.165, 1.54) is 30.4 Å². The van der Waals surface area contributed by atoms with Gasteiger partial charge in [-0.15, -0.1) is 0 Å². The topological polar surface area (TPSA) is 80.1 Å². The summed E-state index contributed by atoms with van der Waals surface area (Å²) >= 11 is 0. The summed E-state index contributed by atoms with van der Waals surface area (Å²) in [4.78, 5) is 32.1. The molecule has 1 amide bonds. The molecule has 4 rings (SSSR count). The molecule has 0 radical (unpaired) electrons. The van der Waals surface area contributed by atoms with Crippen LogP contribution in [-0.4, -0.2) is 51.8 Å². The highest BCUT2D eigenvalue weighted by Crippen LogP contribution is 2.16. The predicted molar refractivity (Wildman–Crippen MR) is 126 cm³/mol. The Kier molecular flexibility index (Phi) is 7.61. The zero-order chi connectivity index (χ0) is 22.2. The molecule has 7 heteroatoms. The Morgan fingerprint density at radius 2 is 1.78 bits per heavy atom. The fourth-order valence-electron chi connectivity index (χ4n) is 4.32. The van der Waals surface area contributed by atoms with E-state index in [9.17, 15) is 9.59 Å². The molecule has 1 aromatic carbocycles. The van der Waals surface area contributed by atoms with Crippen molar-refractivity contribution >= 4 is 16.7 Å². The van der Waals surface area contributed by atoms with Crippen molar-refractivity contribution in [1.29, 1.82) is 0 Å². The molecule has 0 saturated carbocycles. The molecule has 3 aromatic rings. The third-order valence-electron chi connectivity index (χ3n) is 6.00. The van der Waals surface area contributed by atoms with E-state index in [2.05, 4.69) is 20.3 Å². The Balaban J connectivity index is 1.41. The first-order valence-electron chi connectivity index (χ1n) is 11.6. The van der Waals surface area contributed by atoms with Gasteiger partial charge in [0.15, 0.2) is 0 Å². The molecule has 0 bridgehead atoms. The number of fused-ring (bicyclic) bond motifs is 1. The lowest BCUT2D eigenvalue weighted by atomic mass is 10.1. The van der Waals surface area contributed by atoms with E-state index in [0.29, 0.717) is 18.4 Å². The highest BCUT2D eigenvalue weighted by molar-refractivity contribution is 5.84. The Bertz CT molecular complexity index is 1090. The van der Waals surface area contributed by atoms with E-state index < -0.39 is 0 Å². The molecular formula is C25H31N5O2. The number of hydrogen-bond donors (Lipinski definition) is 1. The van der Waals surface area contributed by atoms with Crippen molar-refractivity contribution in [1.82, 2.24) is 25.0 Å². The van der Waals surface area contributed by atoms with Crippen molar-refractivity contribution in [2.24, 2.45) is 0 Å². The first-order chi connectivity index (χ1) is 15.7.